The largest absolute Gasteiger partial charge is 0.459 e. The maximum atomic E-state index is 12.2. The summed E-state index contributed by atoms with van der Waals surface area (Å²) in [6.07, 6.45) is 0.678. The molecule has 0 bridgehead atoms. The number of nitrogens with zero attached hydrogens (tertiary/aromatic N) is 1. The van der Waals surface area contributed by atoms with E-state index in [1.54, 1.807) is 5.38 Å². The summed E-state index contributed by atoms with van der Waals surface area (Å²) in [6.45, 7) is 3.49. The maximum absolute atomic E-state index is 12.2. The van der Waals surface area contributed by atoms with Crippen LogP contribution >= 0.6 is 11.3 Å². The third-order valence-electron chi connectivity index (χ3n) is 3.09. The fourth-order valence-electron chi connectivity index (χ4n) is 2.05. The molecular formula is C16H18N2O3S. The Morgan fingerprint density at radius 3 is 2.68 bits per heavy atom. The van der Waals surface area contributed by atoms with Crippen LogP contribution in [0.25, 0.3) is 0 Å². The number of carbonyl (C=O) groups excluding carboxylic acids is 2. The van der Waals surface area contributed by atoms with Crippen molar-refractivity contribution in [2.24, 2.45) is 0 Å². The zero-order valence-electron chi connectivity index (χ0n) is 12.5. The third-order valence-corrected chi connectivity index (χ3v) is 3.90. The van der Waals surface area contributed by atoms with Crippen LogP contribution in [0.15, 0.2) is 35.7 Å². The van der Waals surface area contributed by atoms with Gasteiger partial charge in [-0.25, -0.2) is 4.98 Å². The quantitative estimate of drug-likeness (QED) is 0.829. The van der Waals surface area contributed by atoms with Gasteiger partial charge in [0.15, 0.2) is 5.13 Å². The van der Waals surface area contributed by atoms with Crippen LogP contribution in [0.1, 0.15) is 37.4 Å². The highest BCUT2D eigenvalue weighted by molar-refractivity contribution is 7.13. The highest BCUT2D eigenvalue weighted by Crippen LogP contribution is 2.22. The third kappa shape index (κ3) is 4.39. The molecule has 1 heterocycles. The van der Waals surface area contributed by atoms with Crippen LogP contribution in [0.5, 0.6) is 0 Å². The molecule has 1 atom stereocenters. The van der Waals surface area contributed by atoms with Crippen molar-refractivity contribution < 1.29 is 14.3 Å². The Morgan fingerprint density at radius 1 is 1.32 bits per heavy atom. The van der Waals surface area contributed by atoms with E-state index in [1.165, 1.54) is 18.3 Å². The van der Waals surface area contributed by atoms with Gasteiger partial charge in [-0.2, -0.15) is 0 Å². The van der Waals surface area contributed by atoms with Gasteiger partial charge >= 0.3 is 5.97 Å². The first-order valence-electron chi connectivity index (χ1n) is 7.03. The van der Waals surface area contributed by atoms with E-state index in [9.17, 15) is 9.59 Å². The second-order valence-corrected chi connectivity index (χ2v) is 5.66. The van der Waals surface area contributed by atoms with Crippen LogP contribution in [-0.2, 0) is 20.9 Å². The standard InChI is InChI=1S/C16H18N2O3S/c1-3-14(12-7-5-4-6-8-12)15(20)21-9-13-10-22-16(18-13)17-11(2)19/h4-8,10,14H,3,9H2,1-2H3,(H,17,18,19)/t14-/m0/s1. The molecule has 2 rings (SSSR count). The number of hydrogen-bond donors (Lipinski definition) is 1. The van der Waals surface area contributed by atoms with Crippen molar-refractivity contribution in [3.8, 4) is 0 Å². The van der Waals surface area contributed by atoms with E-state index >= 15 is 0 Å². The van der Waals surface area contributed by atoms with Gasteiger partial charge in [0.05, 0.1) is 11.6 Å². The molecule has 0 aliphatic rings. The van der Waals surface area contributed by atoms with Gasteiger partial charge in [0.2, 0.25) is 5.91 Å². The summed E-state index contributed by atoms with van der Waals surface area (Å²) in [6, 6.07) is 9.58. The second-order valence-electron chi connectivity index (χ2n) is 4.80. The zero-order chi connectivity index (χ0) is 15.9. The number of thiazole rings is 1. The van der Waals surface area contributed by atoms with Crippen LogP contribution in [0.3, 0.4) is 0 Å². The van der Waals surface area contributed by atoms with E-state index < -0.39 is 0 Å². The highest BCUT2D eigenvalue weighted by atomic mass is 32.1. The molecule has 1 aromatic heterocycles. The molecule has 6 heteroatoms. The lowest BCUT2D eigenvalue weighted by atomic mass is 9.97. The van der Waals surface area contributed by atoms with Crippen LogP contribution in [-0.4, -0.2) is 16.9 Å². The van der Waals surface area contributed by atoms with Gasteiger partial charge in [0.1, 0.15) is 6.61 Å². The molecule has 5 nitrogen and oxygen atoms in total. The molecular weight excluding hydrogens is 300 g/mol. The minimum absolute atomic E-state index is 0.109. The average Bonchev–Trinajstić information content (AvgIpc) is 2.94. The lowest BCUT2D eigenvalue weighted by Gasteiger charge is -2.13. The first-order valence-corrected chi connectivity index (χ1v) is 7.91. The van der Waals surface area contributed by atoms with Crippen molar-refractivity contribution in [2.75, 3.05) is 5.32 Å². The fourth-order valence-corrected chi connectivity index (χ4v) is 2.79. The fraction of sp³-hybridized carbons (Fsp3) is 0.312. The van der Waals surface area contributed by atoms with Crippen molar-refractivity contribution in [3.63, 3.8) is 0 Å². The predicted octanol–water partition coefficient (Wildman–Crippen LogP) is 3.34. The molecule has 0 saturated carbocycles. The molecule has 0 radical (unpaired) electrons. The summed E-state index contributed by atoms with van der Waals surface area (Å²) in [5.41, 5.74) is 1.58. The lowest BCUT2D eigenvalue weighted by molar-refractivity contribution is -0.147. The lowest BCUT2D eigenvalue weighted by Crippen LogP contribution is -2.15. The number of hydrogen-bond acceptors (Lipinski definition) is 5. The Labute approximate surface area is 133 Å². The Hall–Kier alpha value is -2.21. The molecule has 0 spiro atoms. The molecule has 1 aromatic carbocycles. The summed E-state index contributed by atoms with van der Waals surface area (Å²) in [4.78, 5) is 27.3. The number of carbonyl (C=O) groups is 2. The summed E-state index contributed by atoms with van der Waals surface area (Å²) in [7, 11) is 0. The number of aromatic nitrogens is 1. The number of rotatable bonds is 6. The van der Waals surface area contributed by atoms with Crippen LogP contribution in [0, 0.1) is 0 Å². The summed E-state index contributed by atoms with van der Waals surface area (Å²) >= 11 is 1.31. The highest BCUT2D eigenvalue weighted by Gasteiger charge is 2.20. The van der Waals surface area contributed by atoms with Gasteiger partial charge in [-0.05, 0) is 12.0 Å². The SMILES string of the molecule is CC[C@H](C(=O)OCc1csc(NC(C)=O)n1)c1ccccc1. The van der Waals surface area contributed by atoms with E-state index in [-0.39, 0.29) is 24.4 Å². The van der Waals surface area contributed by atoms with Crippen LogP contribution in [0.4, 0.5) is 5.13 Å². The molecule has 0 aliphatic heterocycles. The Bertz CT molecular complexity index is 640. The second kappa shape index (κ2) is 7.70. The number of anilines is 1. The zero-order valence-corrected chi connectivity index (χ0v) is 13.4. The number of benzene rings is 1. The molecule has 116 valence electrons. The van der Waals surface area contributed by atoms with E-state index in [4.69, 9.17) is 4.74 Å². The van der Waals surface area contributed by atoms with Crippen LogP contribution < -0.4 is 5.32 Å². The molecule has 0 fully saturated rings. The number of amides is 1. The maximum Gasteiger partial charge on any atom is 0.313 e. The average molecular weight is 318 g/mol. The molecule has 22 heavy (non-hydrogen) atoms. The van der Waals surface area contributed by atoms with Crippen LogP contribution in [0.2, 0.25) is 0 Å². The van der Waals surface area contributed by atoms with Gasteiger partial charge in [-0.3, -0.25) is 9.59 Å². The number of esters is 1. The molecule has 2 aromatic rings. The normalized spacial score (nSPS) is 11.7. The van der Waals surface area contributed by atoms with Crippen molar-refractivity contribution >= 4 is 28.3 Å². The van der Waals surface area contributed by atoms with E-state index in [0.29, 0.717) is 17.2 Å². The smallest absolute Gasteiger partial charge is 0.313 e. The van der Waals surface area contributed by atoms with E-state index in [1.807, 2.05) is 37.3 Å². The van der Waals surface area contributed by atoms with Gasteiger partial charge < -0.3 is 10.1 Å². The molecule has 0 unspecified atom stereocenters. The number of nitrogens with one attached hydrogen (secondary N) is 1. The summed E-state index contributed by atoms with van der Waals surface area (Å²) < 4.78 is 5.35. The van der Waals surface area contributed by atoms with Crippen molar-refractivity contribution in [1.82, 2.24) is 4.98 Å². The molecule has 1 amide bonds. The van der Waals surface area contributed by atoms with Crippen molar-refractivity contribution in [3.05, 3.63) is 47.0 Å². The Kier molecular flexibility index (Phi) is 5.66. The van der Waals surface area contributed by atoms with E-state index in [2.05, 4.69) is 10.3 Å². The summed E-state index contributed by atoms with van der Waals surface area (Å²) in [5.74, 6) is -0.703. The van der Waals surface area contributed by atoms with E-state index in [0.717, 1.165) is 5.56 Å². The summed E-state index contributed by atoms with van der Waals surface area (Å²) in [5, 5.41) is 4.87. The first-order chi connectivity index (χ1) is 10.6. The topological polar surface area (TPSA) is 68.3 Å². The first kappa shape index (κ1) is 16.2. The van der Waals surface area contributed by atoms with Gasteiger partial charge in [0.25, 0.3) is 0 Å². The van der Waals surface area contributed by atoms with Gasteiger partial charge in [-0.15, -0.1) is 11.3 Å². The predicted molar refractivity (Wildman–Crippen MR) is 85.7 cm³/mol. The molecule has 1 N–H and O–H groups in total. The Balaban J connectivity index is 1.94. The minimum atomic E-state index is -0.269. The molecule has 0 aliphatic carbocycles. The molecule has 0 saturated heterocycles. The van der Waals surface area contributed by atoms with Gasteiger partial charge in [-0.1, -0.05) is 37.3 Å². The number of ether oxygens (including phenoxy) is 1. The minimum Gasteiger partial charge on any atom is -0.459 e. The van der Waals surface area contributed by atoms with Gasteiger partial charge in [0, 0.05) is 12.3 Å². The van der Waals surface area contributed by atoms with Crippen molar-refractivity contribution in [1.29, 1.82) is 0 Å². The monoisotopic (exact) mass is 318 g/mol. The Morgan fingerprint density at radius 2 is 2.05 bits per heavy atom. The van der Waals surface area contributed by atoms with Crippen molar-refractivity contribution in [2.45, 2.75) is 32.8 Å².